The van der Waals surface area contributed by atoms with Crippen molar-refractivity contribution >= 4 is 61.0 Å². The molecule has 0 saturated carbocycles. The first-order valence-electron chi connectivity index (χ1n) is 8.85. The van der Waals surface area contributed by atoms with E-state index >= 15 is 0 Å². The van der Waals surface area contributed by atoms with Crippen LogP contribution >= 0.6 is 27.7 Å². The fourth-order valence-corrected chi connectivity index (χ4v) is 4.93. The number of carbonyl (C=O) groups excluding carboxylic acids is 3. The van der Waals surface area contributed by atoms with Crippen LogP contribution in [0.4, 0.5) is 4.79 Å². The molecule has 0 aliphatic carbocycles. The highest BCUT2D eigenvalue weighted by Crippen LogP contribution is 2.34. The number of imide groups is 1. The predicted molar refractivity (Wildman–Crippen MR) is 120 cm³/mol. The van der Waals surface area contributed by atoms with Crippen LogP contribution in [0.5, 0.6) is 11.5 Å². The molecule has 9 nitrogen and oxygen atoms in total. The van der Waals surface area contributed by atoms with Gasteiger partial charge in [0.1, 0.15) is 17.2 Å². The van der Waals surface area contributed by atoms with Gasteiger partial charge in [0.15, 0.2) is 5.75 Å². The van der Waals surface area contributed by atoms with E-state index in [0.717, 1.165) is 12.0 Å². The third-order valence-electron chi connectivity index (χ3n) is 4.19. The van der Waals surface area contributed by atoms with E-state index in [9.17, 15) is 22.8 Å². The maximum atomic E-state index is 12.5. The second-order valence-corrected chi connectivity index (χ2v) is 9.64. The molecule has 0 N–H and O–H groups in total. The van der Waals surface area contributed by atoms with Crippen LogP contribution in [0.1, 0.15) is 5.56 Å². The molecule has 1 fully saturated rings. The van der Waals surface area contributed by atoms with Gasteiger partial charge in [-0.3, -0.25) is 19.3 Å². The minimum Gasteiger partial charge on any atom is -0.497 e. The molecule has 12 heteroatoms. The highest BCUT2D eigenvalue weighted by molar-refractivity contribution is 9.10. The summed E-state index contributed by atoms with van der Waals surface area (Å²) in [5, 5.41) is -0.587. The van der Waals surface area contributed by atoms with Crippen LogP contribution in [0.25, 0.3) is 6.08 Å². The molecule has 1 aliphatic rings. The minimum atomic E-state index is -4.09. The molecule has 168 valence electrons. The summed E-state index contributed by atoms with van der Waals surface area (Å²) >= 11 is 3.94. The third-order valence-corrected chi connectivity index (χ3v) is 6.97. The van der Waals surface area contributed by atoms with Crippen molar-refractivity contribution in [3.8, 4) is 11.5 Å². The Kier molecular flexibility index (Phi) is 7.26. The zero-order chi connectivity index (χ0) is 23.5. The number of benzene rings is 2. The van der Waals surface area contributed by atoms with Gasteiger partial charge in [0.2, 0.25) is 0 Å². The molecule has 2 aromatic rings. The van der Waals surface area contributed by atoms with E-state index in [1.807, 2.05) is 0 Å². The maximum absolute atomic E-state index is 12.5. The molecule has 1 heterocycles. The number of amides is 2. The summed E-state index contributed by atoms with van der Waals surface area (Å²) < 4.78 is 40.1. The fraction of sp³-hybridized carbons (Fsp3) is 0.150. The number of ether oxygens (including phenoxy) is 2. The first-order valence-corrected chi connectivity index (χ1v) is 11.9. The molecule has 0 unspecified atom stereocenters. The Morgan fingerprint density at radius 2 is 1.81 bits per heavy atom. The second-order valence-electron chi connectivity index (χ2n) is 6.25. The quantitative estimate of drug-likeness (QED) is 0.295. The van der Waals surface area contributed by atoms with Gasteiger partial charge in [0, 0.05) is 0 Å². The number of hydrogen-bond donors (Lipinski definition) is 0. The predicted octanol–water partition coefficient (Wildman–Crippen LogP) is 3.43. The summed E-state index contributed by atoms with van der Waals surface area (Å²) in [7, 11) is -1.46. The summed E-state index contributed by atoms with van der Waals surface area (Å²) in [6, 6.07) is 10.2. The Bertz CT molecular complexity index is 1210. The molecular weight excluding hydrogens is 526 g/mol. The molecule has 0 aromatic heterocycles. The molecule has 1 saturated heterocycles. The number of thioether (sulfide) groups is 1. The van der Waals surface area contributed by atoms with Crippen LogP contribution in [-0.2, 0) is 24.4 Å². The lowest BCUT2D eigenvalue weighted by Gasteiger charge is -2.10. The molecule has 0 spiro atoms. The molecule has 3 rings (SSSR count). The average Bonchev–Trinajstić information content (AvgIpc) is 3.02. The van der Waals surface area contributed by atoms with E-state index < -0.39 is 33.8 Å². The van der Waals surface area contributed by atoms with Crippen LogP contribution in [0, 0.1) is 0 Å². The Balaban J connectivity index is 1.78. The number of esters is 1. The molecule has 0 atom stereocenters. The van der Waals surface area contributed by atoms with Crippen molar-refractivity contribution in [1.82, 2.24) is 4.90 Å². The van der Waals surface area contributed by atoms with Crippen molar-refractivity contribution in [3.05, 3.63) is 57.4 Å². The number of halogens is 1. The topological polar surface area (TPSA) is 116 Å². The van der Waals surface area contributed by atoms with Gasteiger partial charge >= 0.3 is 16.1 Å². The molecule has 0 bridgehead atoms. The molecule has 2 amide bonds. The minimum absolute atomic E-state index is 0.0387. The number of nitrogens with zero attached hydrogens (tertiary/aromatic N) is 1. The lowest BCUT2D eigenvalue weighted by molar-refractivity contribution is -0.143. The van der Waals surface area contributed by atoms with Gasteiger partial charge in [-0.05, 0) is 75.7 Å². The summed E-state index contributed by atoms with van der Waals surface area (Å²) in [6.45, 7) is -0.474. The van der Waals surface area contributed by atoms with E-state index in [4.69, 9.17) is 8.92 Å². The summed E-state index contributed by atoms with van der Waals surface area (Å²) in [4.78, 5) is 36.6. The smallest absolute Gasteiger partial charge is 0.339 e. The van der Waals surface area contributed by atoms with Crippen LogP contribution in [0.15, 0.2) is 56.7 Å². The molecule has 1 aliphatic heterocycles. The van der Waals surface area contributed by atoms with Crippen molar-refractivity contribution < 1.29 is 36.5 Å². The lowest BCUT2D eigenvalue weighted by Crippen LogP contribution is -2.34. The number of methoxy groups -OCH3 is 2. The van der Waals surface area contributed by atoms with Gasteiger partial charge in [0.25, 0.3) is 11.1 Å². The monoisotopic (exact) mass is 541 g/mol. The van der Waals surface area contributed by atoms with E-state index in [1.54, 1.807) is 0 Å². The molecular formula is C20H16BrNO8S2. The first-order chi connectivity index (χ1) is 15.1. The van der Waals surface area contributed by atoms with Gasteiger partial charge in [-0.15, -0.1) is 0 Å². The van der Waals surface area contributed by atoms with Crippen molar-refractivity contribution in [3.63, 3.8) is 0 Å². The van der Waals surface area contributed by atoms with E-state index in [0.29, 0.717) is 27.5 Å². The van der Waals surface area contributed by atoms with Gasteiger partial charge in [0.05, 0.1) is 23.6 Å². The Labute approximate surface area is 196 Å². The van der Waals surface area contributed by atoms with Crippen LogP contribution in [0.3, 0.4) is 0 Å². The standard InChI is InChI=1S/C20H16BrNO8S2/c1-28-13-4-6-14(7-5-13)32(26,27)30-16-8-3-12(9-15(16)21)10-17-19(24)22(20(25)31-17)11-18(23)29-2/h3-10H,11H2,1-2H3/b17-10-. The fourth-order valence-electron chi connectivity index (χ4n) is 2.56. The van der Waals surface area contributed by atoms with Crippen LogP contribution in [0.2, 0.25) is 0 Å². The first kappa shape index (κ1) is 23.8. The Morgan fingerprint density at radius 1 is 1.12 bits per heavy atom. The Morgan fingerprint density at radius 3 is 2.41 bits per heavy atom. The summed E-state index contributed by atoms with van der Waals surface area (Å²) in [5.74, 6) is -0.790. The van der Waals surface area contributed by atoms with Crippen molar-refractivity contribution in [1.29, 1.82) is 0 Å². The third kappa shape index (κ3) is 5.31. The van der Waals surface area contributed by atoms with Crippen molar-refractivity contribution in [2.24, 2.45) is 0 Å². The van der Waals surface area contributed by atoms with Crippen LogP contribution < -0.4 is 8.92 Å². The highest BCUT2D eigenvalue weighted by atomic mass is 79.9. The number of hydrogen-bond acceptors (Lipinski definition) is 9. The van der Waals surface area contributed by atoms with E-state index in [2.05, 4.69) is 20.7 Å². The molecule has 2 aromatic carbocycles. The zero-order valence-electron chi connectivity index (χ0n) is 16.7. The van der Waals surface area contributed by atoms with Crippen molar-refractivity contribution in [2.45, 2.75) is 4.90 Å². The zero-order valence-corrected chi connectivity index (χ0v) is 20.0. The molecule has 0 radical (unpaired) electrons. The van der Waals surface area contributed by atoms with Crippen molar-refractivity contribution in [2.75, 3.05) is 20.8 Å². The lowest BCUT2D eigenvalue weighted by atomic mass is 10.2. The summed E-state index contributed by atoms with van der Waals surface area (Å²) in [5.41, 5.74) is 0.509. The van der Waals surface area contributed by atoms with E-state index in [1.165, 1.54) is 55.7 Å². The average molecular weight is 542 g/mol. The highest BCUT2D eigenvalue weighted by Gasteiger charge is 2.36. The van der Waals surface area contributed by atoms with Gasteiger partial charge < -0.3 is 13.7 Å². The van der Waals surface area contributed by atoms with Crippen LogP contribution in [-0.4, -0.2) is 51.2 Å². The van der Waals surface area contributed by atoms with E-state index in [-0.39, 0.29) is 15.6 Å². The van der Waals surface area contributed by atoms with Gasteiger partial charge in [-0.25, -0.2) is 0 Å². The Hall–Kier alpha value is -2.83. The second kappa shape index (κ2) is 9.76. The largest absolute Gasteiger partial charge is 0.497 e. The number of rotatable bonds is 7. The molecule has 32 heavy (non-hydrogen) atoms. The number of carbonyl (C=O) groups is 3. The summed E-state index contributed by atoms with van der Waals surface area (Å²) in [6.07, 6.45) is 1.45. The normalized spacial score (nSPS) is 15.2. The SMILES string of the molecule is COC(=O)CN1C(=O)S/C(=C\c2ccc(OS(=O)(=O)c3ccc(OC)cc3)c(Br)c2)C1=O. The van der Waals surface area contributed by atoms with Gasteiger partial charge in [-0.2, -0.15) is 8.42 Å². The van der Waals surface area contributed by atoms with Gasteiger partial charge in [-0.1, -0.05) is 6.07 Å². The maximum Gasteiger partial charge on any atom is 0.339 e.